The van der Waals surface area contributed by atoms with Gasteiger partial charge >= 0.3 is 0 Å². The van der Waals surface area contributed by atoms with E-state index in [4.69, 9.17) is 0 Å². The third kappa shape index (κ3) is 2.62. The van der Waals surface area contributed by atoms with E-state index in [1.54, 1.807) is 0 Å². The number of rotatable bonds is 6. The third-order valence-corrected chi connectivity index (χ3v) is 5.37. The van der Waals surface area contributed by atoms with Crippen molar-refractivity contribution < 1.29 is 14.7 Å². The van der Waals surface area contributed by atoms with E-state index in [0.717, 1.165) is 32.1 Å². The number of fused-ring (bicyclic) bond motifs is 1. The van der Waals surface area contributed by atoms with Gasteiger partial charge in [-0.15, -0.1) is 0 Å². The molecule has 20 heavy (non-hydrogen) atoms. The second-order valence-electron chi connectivity index (χ2n) is 6.39. The maximum atomic E-state index is 12.4. The van der Waals surface area contributed by atoms with Crippen LogP contribution in [0.25, 0.3) is 0 Å². The lowest BCUT2D eigenvalue weighted by Crippen LogP contribution is -2.41. The fourth-order valence-corrected chi connectivity index (χ4v) is 3.88. The molecule has 1 aliphatic heterocycles. The molecule has 3 unspecified atom stereocenters. The second kappa shape index (κ2) is 6.25. The number of likely N-dealkylation sites (tertiary alicyclic amines) is 1. The average molecular weight is 281 g/mol. The van der Waals surface area contributed by atoms with Gasteiger partial charge in [-0.3, -0.25) is 14.5 Å². The molecule has 1 saturated carbocycles. The number of aliphatic hydroxyl groups is 1. The molecule has 1 heterocycles. The van der Waals surface area contributed by atoms with E-state index in [1.807, 2.05) is 13.8 Å². The van der Waals surface area contributed by atoms with Crippen molar-refractivity contribution in [3.63, 3.8) is 0 Å². The summed E-state index contributed by atoms with van der Waals surface area (Å²) in [6.45, 7) is 6.38. The molecule has 1 N–H and O–H groups in total. The SMILES string of the molecule is CCC1CC2C(=O)N(CC(O)C(CC)CC)C(=O)C2C1. The zero-order valence-corrected chi connectivity index (χ0v) is 12.8. The van der Waals surface area contributed by atoms with Crippen LogP contribution in [-0.2, 0) is 9.59 Å². The number of nitrogens with zero attached hydrogens (tertiary/aromatic N) is 1. The maximum absolute atomic E-state index is 12.4. The molecule has 1 aliphatic carbocycles. The van der Waals surface area contributed by atoms with Crippen LogP contribution in [0.2, 0.25) is 0 Å². The van der Waals surface area contributed by atoms with Gasteiger partial charge in [0.1, 0.15) is 0 Å². The van der Waals surface area contributed by atoms with Crippen LogP contribution in [0.1, 0.15) is 52.9 Å². The van der Waals surface area contributed by atoms with Gasteiger partial charge in [0.05, 0.1) is 24.5 Å². The lowest BCUT2D eigenvalue weighted by molar-refractivity contribution is -0.142. The standard InChI is InChI=1S/C16H27NO3/c1-4-10-7-12-13(8-10)16(20)17(15(12)19)9-14(18)11(5-2)6-3/h10-14,18H,4-9H2,1-3H3. The number of amides is 2. The maximum Gasteiger partial charge on any atom is 0.233 e. The fraction of sp³-hybridized carbons (Fsp3) is 0.875. The van der Waals surface area contributed by atoms with Crippen molar-refractivity contribution >= 4 is 11.8 Å². The van der Waals surface area contributed by atoms with Crippen LogP contribution >= 0.6 is 0 Å². The van der Waals surface area contributed by atoms with Crippen molar-refractivity contribution in [3.05, 3.63) is 0 Å². The molecule has 0 aromatic heterocycles. The second-order valence-corrected chi connectivity index (χ2v) is 6.39. The van der Waals surface area contributed by atoms with Gasteiger partial charge in [-0.25, -0.2) is 0 Å². The number of hydrogen-bond donors (Lipinski definition) is 1. The van der Waals surface area contributed by atoms with Crippen LogP contribution in [0, 0.1) is 23.7 Å². The molecule has 3 atom stereocenters. The highest BCUT2D eigenvalue weighted by Crippen LogP contribution is 2.44. The first-order valence-electron chi connectivity index (χ1n) is 8.06. The summed E-state index contributed by atoms with van der Waals surface area (Å²) in [4.78, 5) is 26.1. The fourth-order valence-electron chi connectivity index (χ4n) is 3.88. The van der Waals surface area contributed by atoms with Crippen molar-refractivity contribution in [1.82, 2.24) is 4.90 Å². The molecule has 2 rings (SSSR count). The predicted molar refractivity (Wildman–Crippen MR) is 76.8 cm³/mol. The Labute approximate surface area is 121 Å². The normalized spacial score (nSPS) is 31.2. The van der Waals surface area contributed by atoms with E-state index in [1.165, 1.54) is 4.90 Å². The smallest absolute Gasteiger partial charge is 0.233 e. The molecule has 4 nitrogen and oxygen atoms in total. The van der Waals surface area contributed by atoms with E-state index in [-0.39, 0.29) is 36.1 Å². The summed E-state index contributed by atoms with van der Waals surface area (Å²) in [6.07, 6.45) is 3.91. The van der Waals surface area contributed by atoms with Gasteiger partial charge < -0.3 is 5.11 Å². The molecule has 4 heteroatoms. The highest BCUT2D eigenvalue weighted by molar-refractivity contribution is 6.05. The Morgan fingerprint density at radius 1 is 1.10 bits per heavy atom. The zero-order chi connectivity index (χ0) is 14.9. The van der Waals surface area contributed by atoms with Gasteiger partial charge in [0.15, 0.2) is 0 Å². The molecule has 0 aromatic carbocycles. The lowest BCUT2D eigenvalue weighted by Gasteiger charge is -2.25. The van der Waals surface area contributed by atoms with Crippen LogP contribution in [0.3, 0.4) is 0 Å². The van der Waals surface area contributed by atoms with Crippen molar-refractivity contribution in [2.75, 3.05) is 6.54 Å². The molecule has 1 saturated heterocycles. The largest absolute Gasteiger partial charge is 0.391 e. The molecular formula is C16H27NO3. The zero-order valence-electron chi connectivity index (χ0n) is 12.8. The molecule has 0 spiro atoms. The number of hydrogen-bond acceptors (Lipinski definition) is 3. The topological polar surface area (TPSA) is 57.6 Å². The van der Waals surface area contributed by atoms with Gasteiger partial charge in [-0.2, -0.15) is 0 Å². The first-order valence-corrected chi connectivity index (χ1v) is 8.06. The number of carbonyl (C=O) groups is 2. The van der Waals surface area contributed by atoms with Crippen LogP contribution in [0.15, 0.2) is 0 Å². The number of aliphatic hydroxyl groups excluding tert-OH is 1. The van der Waals surface area contributed by atoms with Gasteiger partial charge in [0.2, 0.25) is 11.8 Å². The van der Waals surface area contributed by atoms with Crippen LogP contribution in [-0.4, -0.2) is 34.5 Å². The third-order valence-electron chi connectivity index (χ3n) is 5.37. The van der Waals surface area contributed by atoms with Crippen LogP contribution in [0.5, 0.6) is 0 Å². The summed E-state index contributed by atoms with van der Waals surface area (Å²) in [5, 5.41) is 10.2. The van der Waals surface area contributed by atoms with Crippen molar-refractivity contribution in [1.29, 1.82) is 0 Å². The summed E-state index contributed by atoms with van der Waals surface area (Å²) in [7, 11) is 0. The molecule has 0 radical (unpaired) electrons. The van der Waals surface area contributed by atoms with Crippen molar-refractivity contribution in [2.45, 2.75) is 59.0 Å². The molecular weight excluding hydrogens is 254 g/mol. The molecule has 114 valence electrons. The van der Waals surface area contributed by atoms with Gasteiger partial charge in [-0.05, 0) is 24.7 Å². The van der Waals surface area contributed by atoms with Gasteiger partial charge in [-0.1, -0.05) is 40.0 Å². The van der Waals surface area contributed by atoms with Crippen molar-refractivity contribution in [2.24, 2.45) is 23.7 Å². The summed E-state index contributed by atoms with van der Waals surface area (Å²) in [6, 6.07) is 0. The van der Waals surface area contributed by atoms with E-state index in [9.17, 15) is 14.7 Å². The van der Waals surface area contributed by atoms with E-state index >= 15 is 0 Å². The first kappa shape index (κ1) is 15.5. The number of β-amino-alcohol motifs (C(OH)–C–C–N with tert-alkyl or cyclic N) is 1. The Kier molecular flexibility index (Phi) is 4.84. The van der Waals surface area contributed by atoms with Crippen LogP contribution in [0.4, 0.5) is 0 Å². The Hall–Kier alpha value is -0.900. The average Bonchev–Trinajstić information content (AvgIpc) is 2.96. The van der Waals surface area contributed by atoms with E-state index in [2.05, 4.69) is 6.92 Å². The minimum Gasteiger partial charge on any atom is -0.391 e. The number of carbonyl (C=O) groups excluding carboxylic acids is 2. The molecule has 2 aliphatic rings. The highest BCUT2D eigenvalue weighted by atomic mass is 16.3. The van der Waals surface area contributed by atoms with Gasteiger partial charge in [0.25, 0.3) is 0 Å². The quantitative estimate of drug-likeness (QED) is 0.759. The summed E-state index contributed by atoms with van der Waals surface area (Å²) >= 11 is 0. The number of imide groups is 1. The lowest BCUT2D eigenvalue weighted by atomic mass is 9.96. The van der Waals surface area contributed by atoms with Crippen molar-refractivity contribution in [3.8, 4) is 0 Å². The molecule has 0 aromatic rings. The summed E-state index contributed by atoms with van der Waals surface area (Å²) < 4.78 is 0. The predicted octanol–water partition coefficient (Wildman–Crippen LogP) is 2.20. The van der Waals surface area contributed by atoms with E-state index in [0.29, 0.717) is 5.92 Å². The summed E-state index contributed by atoms with van der Waals surface area (Å²) in [5.74, 6) is 0.382. The highest BCUT2D eigenvalue weighted by Gasteiger charge is 2.52. The summed E-state index contributed by atoms with van der Waals surface area (Å²) in [5.41, 5.74) is 0. The molecule has 0 bridgehead atoms. The Bertz CT molecular complexity index is 354. The monoisotopic (exact) mass is 281 g/mol. The minimum absolute atomic E-state index is 0.0408. The minimum atomic E-state index is -0.585. The van der Waals surface area contributed by atoms with E-state index < -0.39 is 6.10 Å². The Morgan fingerprint density at radius 3 is 2.00 bits per heavy atom. The van der Waals surface area contributed by atoms with Gasteiger partial charge in [0, 0.05) is 0 Å². The molecule has 2 amide bonds. The Morgan fingerprint density at radius 2 is 1.60 bits per heavy atom. The Balaban J connectivity index is 2.02. The first-order chi connectivity index (χ1) is 9.53. The molecule has 2 fully saturated rings. The van der Waals surface area contributed by atoms with Crippen LogP contribution < -0.4 is 0 Å².